The van der Waals surface area contributed by atoms with E-state index >= 15 is 0 Å². The molecule has 0 aliphatic carbocycles. The maximum atomic E-state index is 13.2. The first-order valence-corrected chi connectivity index (χ1v) is 7.61. The van der Waals surface area contributed by atoms with E-state index in [1.807, 2.05) is 59.1 Å². The van der Waals surface area contributed by atoms with Gasteiger partial charge in [0, 0.05) is 17.3 Å². The fraction of sp³-hybridized carbons (Fsp3) is 0. The molecular formula is C21H13FN2. The lowest BCUT2D eigenvalue weighted by Crippen LogP contribution is -1.89. The molecule has 2 aromatic carbocycles. The Balaban J connectivity index is 1.91. The molecule has 3 heteroatoms. The fourth-order valence-electron chi connectivity index (χ4n) is 2.58. The predicted molar refractivity (Wildman–Crippen MR) is 93.0 cm³/mol. The van der Waals surface area contributed by atoms with Crippen molar-refractivity contribution in [1.29, 1.82) is 0 Å². The number of benzene rings is 2. The first-order valence-electron chi connectivity index (χ1n) is 7.61. The van der Waals surface area contributed by atoms with Crippen LogP contribution in [0.25, 0.3) is 16.9 Å². The highest BCUT2D eigenvalue weighted by atomic mass is 19.1. The van der Waals surface area contributed by atoms with Crippen LogP contribution in [0.2, 0.25) is 0 Å². The predicted octanol–water partition coefficient (Wildman–Crippen LogP) is 4.54. The average Bonchev–Trinajstić information content (AvgIpc) is 3.00. The SMILES string of the molecule is Fc1ccc(-c2nc3ccccn3c2C#Cc2ccccc2)cc1. The zero-order chi connectivity index (χ0) is 16.4. The van der Waals surface area contributed by atoms with E-state index in [1.54, 1.807) is 12.1 Å². The van der Waals surface area contributed by atoms with E-state index in [9.17, 15) is 4.39 Å². The average molecular weight is 312 g/mol. The maximum Gasteiger partial charge on any atom is 0.138 e. The van der Waals surface area contributed by atoms with Crippen LogP contribution in [0.5, 0.6) is 0 Å². The monoisotopic (exact) mass is 312 g/mol. The summed E-state index contributed by atoms with van der Waals surface area (Å²) in [6.45, 7) is 0. The Morgan fingerprint density at radius 3 is 2.33 bits per heavy atom. The van der Waals surface area contributed by atoms with Crippen LogP contribution in [0.15, 0.2) is 79.0 Å². The maximum absolute atomic E-state index is 13.2. The molecule has 4 rings (SSSR count). The molecule has 4 aromatic rings. The molecule has 0 atom stereocenters. The van der Waals surface area contributed by atoms with Crippen LogP contribution in [0, 0.1) is 17.7 Å². The summed E-state index contributed by atoms with van der Waals surface area (Å²) < 4.78 is 15.2. The second-order valence-corrected chi connectivity index (χ2v) is 5.36. The minimum atomic E-state index is -0.264. The highest BCUT2D eigenvalue weighted by Crippen LogP contribution is 2.24. The molecule has 0 saturated heterocycles. The van der Waals surface area contributed by atoms with Gasteiger partial charge < -0.3 is 0 Å². The molecule has 0 saturated carbocycles. The minimum Gasteiger partial charge on any atom is -0.292 e. The normalized spacial score (nSPS) is 10.4. The van der Waals surface area contributed by atoms with Gasteiger partial charge in [0.25, 0.3) is 0 Å². The van der Waals surface area contributed by atoms with Gasteiger partial charge in [0.1, 0.15) is 22.9 Å². The topological polar surface area (TPSA) is 17.3 Å². The summed E-state index contributed by atoms with van der Waals surface area (Å²) in [7, 11) is 0. The molecule has 0 unspecified atom stereocenters. The van der Waals surface area contributed by atoms with Crippen LogP contribution in [-0.4, -0.2) is 9.38 Å². The van der Waals surface area contributed by atoms with E-state index in [0.29, 0.717) is 0 Å². The molecule has 2 aromatic heterocycles. The lowest BCUT2D eigenvalue weighted by molar-refractivity contribution is 0.628. The van der Waals surface area contributed by atoms with Gasteiger partial charge in [-0.05, 0) is 54.5 Å². The highest BCUT2D eigenvalue weighted by molar-refractivity contribution is 5.70. The molecular weight excluding hydrogens is 299 g/mol. The molecule has 2 nitrogen and oxygen atoms in total. The lowest BCUT2D eigenvalue weighted by Gasteiger charge is -1.99. The van der Waals surface area contributed by atoms with Crippen LogP contribution in [0.4, 0.5) is 4.39 Å². The van der Waals surface area contributed by atoms with Crippen LogP contribution in [0.1, 0.15) is 11.3 Å². The van der Waals surface area contributed by atoms with Crippen molar-refractivity contribution in [3.05, 3.63) is 96.1 Å². The number of aromatic nitrogens is 2. The highest BCUT2D eigenvalue weighted by Gasteiger charge is 2.12. The third kappa shape index (κ3) is 2.66. The summed E-state index contributed by atoms with van der Waals surface area (Å²) in [5.74, 6) is 6.13. The third-order valence-electron chi connectivity index (χ3n) is 3.75. The second-order valence-electron chi connectivity index (χ2n) is 5.36. The number of fused-ring (bicyclic) bond motifs is 1. The van der Waals surface area contributed by atoms with Gasteiger partial charge in [-0.15, -0.1) is 0 Å². The smallest absolute Gasteiger partial charge is 0.138 e. The zero-order valence-electron chi connectivity index (χ0n) is 12.8. The fourth-order valence-corrected chi connectivity index (χ4v) is 2.58. The Labute approximate surface area is 139 Å². The molecule has 24 heavy (non-hydrogen) atoms. The Kier molecular flexibility index (Phi) is 3.57. The van der Waals surface area contributed by atoms with Gasteiger partial charge in [0.15, 0.2) is 0 Å². The summed E-state index contributed by atoms with van der Waals surface area (Å²) >= 11 is 0. The third-order valence-corrected chi connectivity index (χ3v) is 3.75. The van der Waals surface area contributed by atoms with Crippen molar-refractivity contribution in [2.75, 3.05) is 0 Å². The van der Waals surface area contributed by atoms with Gasteiger partial charge in [-0.1, -0.05) is 30.2 Å². The number of imidazole rings is 1. The van der Waals surface area contributed by atoms with E-state index in [-0.39, 0.29) is 5.82 Å². The Bertz CT molecular complexity index is 1050. The molecule has 0 radical (unpaired) electrons. The molecule has 114 valence electrons. The van der Waals surface area contributed by atoms with Gasteiger partial charge in [0.2, 0.25) is 0 Å². The number of hydrogen-bond acceptors (Lipinski definition) is 1. The number of halogens is 1. The van der Waals surface area contributed by atoms with E-state index in [1.165, 1.54) is 12.1 Å². The van der Waals surface area contributed by atoms with E-state index in [4.69, 9.17) is 0 Å². The van der Waals surface area contributed by atoms with Crippen molar-refractivity contribution < 1.29 is 4.39 Å². The first kappa shape index (κ1) is 14.2. The van der Waals surface area contributed by atoms with E-state index < -0.39 is 0 Å². The largest absolute Gasteiger partial charge is 0.292 e. The molecule has 0 spiro atoms. The second kappa shape index (κ2) is 6.02. The quantitative estimate of drug-likeness (QED) is 0.472. The van der Waals surface area contributed by atoms with Gasteiger partial charge in [-0.3, -0.25) is 4.40 Å². The van der Waals surface area contributed by atoms with Crippen LogP contribution < -0.4 is 0 Å². The summed E-state index contributed by atoms with van der Waals surface area (Å²) in [4.78, 5) is 4.66. The zero-order valence-corrected chi connectivity index (χ0v) is 12.8. The first-order chi connectivity index (χ1) is 11.8. The Morgan fingerprint density at radius 2 is 1.54 bits per heavy atom. The lowest BCUT2D eigenvalue weighted by atomic mass is 10.1. The van der Waals surface area contributed by atoms with Gasteiger partial charge in [0.05, 0.1) is 0 Å². The van der Waals surface area contributed by atoms with Crippen LogP contribution in [0.3, 0.4) is 0 Å². The molecule has 0 aliphatic rings. The van der Waals surface area contributed by atoms with Crippen molar-refractivity contribution in [1.82, 2.24) is 9.38 Å². The van der Waals surface area contributed by atoms with Crippen molar-refractivity contribution in [2.45, 2.75) is 0 Å². The summed E-state index contributed by atoms with van der Waals surface area (Å²) in [6.07, 6.45) is 1.93. The van der Waals surface area contributed by atoms with Crippen LogP contribution >= 0.6 is 0 Å². The van der Waals surface area contributed by atoms with Gasteiger partial charge in [-0.2, -0.15) is 0 Å². The number of nitrogens with zero attached hydrogens (tertiary/aromatic N) is 2. The molecule has 0 N–H and O–H groups in total. The summed E-state index contributed by atoms with van der Waals surface area (Å²) in [5.41, 5.74) is 4.14. The van der Waals surface area contributed by atoms with E-state index in [2.05, 4.69) is 16.8 Å². The molecule has 0 amide bonds. The Hall–Kier alpha value is -3.38. The minimum absolute atomic E-state index is 0.264. The van der Waals surface area contributed by atoms with Crippen molar-refractivity contribution in [2.24, 2.45) is 0 Å². The van der Waals surface area contributed by atoms with Crippen molar-refractivity contribution in [3.63, 3.8) is 0 Å². The summed E-state index contributed by atoms with van der Waals surface area (Å²) in [6, 6.07) is 21.9. The molecule has 0 aliphatic heterocycles. The number of pyridine rings is 1. The number of rotatable bonds is 1. The van der Waals surface area contributed by atoms with Crippen LogP contribution in [-0.2, 0) is 0 Å². The summed E-state index contributed by atoms with van der Waals surface area (Å²) in [5, 5.41) is 0. The van der Waals surface area contributed by atoms with Crippen molar-refractivity contribution in [3.8, 4) is 23.1 Å². The standard InChI is InChI=1S/C21H13FN2/c22-18-12-10-17(11-13-18)21-19(14-9-16-6-2-1-3-7-16)24-15-5-4-8-20(24)23-21/h1-8,10-13,15H. The van der Waals surface area contributed by atoms with Gasteiger partial charge in [-0.25, -0.2) is 9.37 Å². The van der Waals surface area contributed by atoms with Gasteiger partial charge >= 0.3 is 0 Å². The molecule has 2 heterocycles. The van der Waals surface area contributed by atoms with E-state index in [0.717, 1.165) is 28.2 Å². The Morgan fingerprint density at radius 1 is 0.792 bits per heavy atom. The molecule has 0 bridgehead atoms. The van der Waals surface area contributed by atoms with Crippen molar-refractivity contribution >= 4 is 5.65 Å². The molecule has 0 fully saturated rings. The number of hydrogen-bond donors (Lipinski definition) is 0.